The van der Waals surface area contributed by atoms with E-state index in [9.17, 15) is 9.59 Å². The highest BCUT2D eigenvalue weighted by atomic mass is 35.5. The maximum Gasteiger partial charge on any atom is 0.220 e. The highest BCUT2D eigenvalue weighted by Crippen LogP contribution is 2.68. The largest absolute Gasteiger partial charge is 0.348 e. The molecule has 10 atom stereocenters. The van der Waals surface area contributed by atoms with E-state index < -0.39 is 0 Å². The Morgan fingerprint density at radius 3 is 2.54 bits per heavy atom. The summed E-state index contributed by atoms with van der Waals surface area (Å²) in [5.41, 5.74) is 7.50. The van der Waals surface area contributed by atoms with Crippen molar-refractivity contribution in [3.05, 3.63) is 21.3 Å². The lowest BCUT2D eigenvalue weighted by atomic mass is 9.43. The molecule has 1 aromatic heterocycles. The first kappa shape index (κ1) is 27.6. The van der Waals surface area contributed by atoms with Crippen molar-refractivity contribution in [2.24, 2.45) is 58.0 Å². The fourth-order valence-corrected chi connectivity index (χ4v) is 11.1. The number of rotatable bonds is 6. The molecular weight excluding hydrogens is 500 g/mol. The van der Waals surface area contributed by atoms with Crippen LogP contribution in [-0.4, -0.2) is 17.7 Å². The Kier molecular flexibility index (Phi) is 7.66. The molecule has 4 saturated carbocycles. The quantitative estimate of drug-likeness (QED) is 0.390. The van der Waals surface area contributed by atoms with Gasteiger partial charge in [0.2, 0.25) is 5.91 Å². The van der Waals surface area contributed by atoms with Gasteiger partial charge in [-0.1, -0.05) is 46.2 Å². The zero-order chi connectivity index (χ0) is 26.7. The molecule has 4 aliphatic carbocycles. The minimum absolute atomic E-state index is 0.0100. The summed E-state index contributed by atoms with van der Waals surface area (Å²) in [6.45, 7) is 11.6. The van der Waals surface area contributed by atoms with E-state index in [2.05, 4.69) is 39.9 Å². The highest BCUT2D eigenvalue weighted by molar-refractivity contribution is 7.16. The molecule has 1 aromatic rings. The van der Waals surface area contributed by atoms with Gasteiger partial charge in [0.15, 0.2) is 0 Å². The number of thiophene rings is 1. The third kappa shape index (κ3) is 4.84. The average molecular weight is 547 g/mol. The summed E-state index contributed by atoms with van der Waals surface area (Å²) in [6.07, 6.45) is 9.08. The lowest BCUT2D eigenvalue weighted by molar-refractivity contribution is -0.144. The minimum Gasteiger partial charge on any atom is -0.348 e. The normalized spacial score (nSPS) is 41.0. The monoisotopic (exact) mass is 546 g/mol. The number of hydrogen-bond acceptors (Lipinski definition) is 4. The van der Waals surface area contributed by atoms with Crippen molar-refractivity contribution in [2.75, 3.05) is 0 Å². The first-order valence-electron chi connectivity index (χ1n) is 14.8. The molecule has 1 heterocycles. The molecule has 5 rings (SSSR count). The van der Waals surface area contributed by atoms with E-state index in [4.69, 9.17) is 17.3 Å². The summed E-state index contributed by atoms with van der Waals surface area (Å²) < 4.78 is 0.768. The van der Waals surface area contributed by atoms with Crippen molar-refractivity contribution < 1.29 is 9.59 Å². The molecule has 3 N–H and O–H groups in total. The Balaban J connectivity index is 1.28. The predicted molar refractivity (Wildman–Crippen MR) is 152 cm³/mol. The molecule has 1 amide bonds. The van der Waals surface area contributed by atoms with Gasteiger partial charge in [-0.2, -0.15) is 0 Å². The molecule has 0 aromatic carbocycles. The third-order valence-electron chi connectivity index (χ3n) is 11.7. The minimum atomic E-state index is 0.0100. The van der Waals surface area contributed by atoms with Gasteiger partial charge in [-0.25, -0.2) is 0 Å². The van der Waals surface area contributed by atoms with Crippen molar-refractivity contribution in [1.29, 1.82) is 0 Å². The molecule has 0 unspecified atom stereocenters. The second kappa shape index (κ2) is 10.2. The maximum absolute atomic E-state index is 13.3. The number of Topliss-reactive ketones (excluding diaryl/α,β-unsaturated/α-hetero) is 1. The number of carbonyl (C=O) groups is 2. The van der Waals surface area contributed by atoms with Crippen LogP contribution in [0, 0.1) is 52.3 Å². The first-order chi connectivity index (χ1) is 17.4. The number of amides is 1. The lowest BCUT2D eigenvalue weighted by Crippen LogP contribution is -2.60. The first-order valence-corrected chi connectivity index (χ1v) is 16.0. The number of hydrogen-bond donors (Lipinski definition) is 2. The number of halogens is 1. The number of nitrogens with one attached hydrogen (secondary N) is 1. The topological polar surface area (TPSA) is 72.2 Å². The van der Waals surface area contributed by atoms with Gasteiger partial charge >= 0.3 is 0 Å². The van der Waals surface area contributed by atoms with E-state index in [-0.39, 0.29) is 28.8 Å². The van der Waals surface area contributed by atoms with Crippen LogP contribution >= 0.6 is 22.9 Å². The number of fused-ring (bicyclic) bond motifs is 5. The summed E-state index contributed by atoms with van der Waals surface area (Å²) in [5, 5.41) is 3.34. The summed E-state index contributed by atoms with van der Waals surface area (Å²) in [4.78, 5) is 26.7. The summed E-state index contributed by atoms with van der Waals surface area (Å²) in [5.74, 6) is 4.15. The summed E-state index contributed by atoms with van der Waals surface area (Å²) >= 11 is 7.75. The second-order valence-corrected chi connectivity index (χ2v) is 15.7. The maximum atomic E-state index is 13.3. The highest BCUT2D eigenvalue weighted by Gasteiger charge is 2.62. The molecule has 0 spiro atoms. The number of ketones is 1. The Morgan fingerprint density at radius 2 is 1.86 bits per heavy atom. The van der Waals surface area contributed by atoms with E-state index in [0.717, 1.165) is 34.9 Å². The molecule has 0 bridgehead atoms. The van der Waals surface area contributed by atoms with Gasteiger partial charge in [-0.3, -0.25) is 9.59 Å². The van der Waals surface area contributed by atoms with Gasteiger partial charge in [0.25, 0.3) is 0 Å². The SMILES string of the molecule is CC(C)[C@@H](NC(=O)C[C@@H](C)[C@H]1CC[C@H]2[C@@H]3[C@H](N)C[C@@H]4CC(=O)CC[C@]4(C)[C@H]3CC[C@]12C)c1ccc(Cl)s1. The Hall–Kier alpha value is -0.910. The van der Waals surface area contributed by atoms with Crippen LogP contribution in [0.25, 0.3) is 0 Å². The predicted octanol–water partition coefficient (Wildman–Crippen LogP) is 7.41. The molecule has 37 heavy (non-hydrogen) atoms. The molecular formula is C31H47ClN2O2S. The second-order valence-electron chi connectivity index (χ2n) is 14.0. The van der Waals surface area contributed by atoms with Crippen LogP contribution in [0.15, 0.2) is 12.1 Å². The van der Waals surface area contributed by atoms with Crippen LogP contribution in [0.1, 0.15) is 103 Å². The third-order valence-corrected chi connectivity index (χ3v) is 13.0. The molecule has 6 heteroatoms. The van der Waals surface area contributed by atoms with E-state index in [1.807, 2.05) is 12.1 Å². The van der Waals surface area contributed by atoms with E-state index in [0.29, 0.717) is 53.6 Å². The zero-order valence-corrected chi connectivity index (χ0v) is 25.0. The summed E-state index contributed by atoms with van der Waals surface area (Å²) in [7, 11) is 0. The smallest absolute Gasteiger partial charge is 0.220 e. The fourth-order valence-electron chi connectivity index (χ4n) is 9.81. The van der Waals surface area contributed by atoms with Crippen LogP contribution < -0.4 is 11.1 Å². The van der Waals surface area contributed by atoms with Crippen LogP contribution in [0.5, 0.6) is 0 Å². The van der Waals surface area contributed by atoms with Crippen molar-refractivity contribution in [3.63, 3.8) is 0 Å². The molecule has 4 nitrogen and oxygen atoms in total. The van der Waals surface area contributed by atoms with E-state index in [1.165, 1.54) is 25.7 Å². The molecule has 4 aliphatic rings. The van der Waals surface area contributed by atoms with Gasteiger partial charge in [0.05, 0.1) is 10.4 Å². The molecule has 0 radical (unpaired) electrons. The Labute approximate surface area is 232 Å². The van der Waals surface area contributed by atoms with E-state index >= 15 is 0 Å². The number of carbonyl (C=O) groups excluding carboxylic acids is 2. The van der Waals surface area contributed by atoms with Crippen LogP contribution in [0.3, 0.4) is 0 Å². The van der Waals surface area contributed by atoms with Gasteiger partial charge in [0.1, 0.15) is 5.78 Å². The molecule has 206 valence electrons. The van der Waals surface area contributed by atoms with Crippen molar-refractivity contribution in [2.45, 2.75) is 104 Å². The van der Waals surface area contributed by atoms with E-state index in [1.54, 1.807) is 11.3 Å². The van der Waals surface area contributed by atoms with Gasteiger partial charge in [0, 0.05) is 30.2 Å². The Bertz CT molecular complexity index is 1020. The molecule has 0 saturated heterocycles. The Morgan fingerprint density at radius 1 is 1.14 bits per heavy atom. The van der Waals surface area contributed by atoms with Crippen molar-refractivity contribution >= 4 is 34.6 Å². The lowest BCUT2D eigenvalue weighted by Gasteiger charge is -2.62. The summed E-state index contributed by atoms with van der Waals surface area (Å²) in [6, 6.07) is 4.19. The molecule has 4 fully saturated rings. The molecule has 0 aliphatic heterocycles. The average Bonchev–Trinajstić information content (AvgIpc) is 3.41. The van der Waals surface area contributed by atoms with Crippen LogP contribution in [0.2, 0.25) is 4.34 Å². The van der Waals surface area contributed by atoms with Gasteiger partial charge in [-0.15, -0.1) is 11.3 Å². The van der Waals surface area contributed by atoms with Gasteiger partial charge in [-0.05, 0) is 103 Å². The van der Waals surface area contributed by atoms with Gasteiger partial charge < -0.3 is 11.1 Å². The standard InChI is InChI=1S/C31H47ClN2O2S/c1-17(2)29(25-8-9-26(32)37-25)34-27(36)14-18(3)21-6-7-22-28-23(11-13-31(21,22)5)30(4)12-10-20(35)15-19(30)16-24(28)33/h8-9,17-19,21-24,28-29H,6-7,10-16,33H2,1-5H3,(H,34,36)/t18-,19+,21-,22+,23+,24-,28+,29-,30+,31-/m1/s1. The zero-order valence-electron chi connectivity index (χ0n) is 23.4. The number of nitrogens with two attached hydrogens (primary N) is 1. The van der Waals surface area contributed by atoms with Crippen molar-refractivity contribution in [1.82, 2.24) is 5.32 Å². The van der Waals surface area contributed by atoms with Crippen LogP contribution in [-0.2, 0) is 9.59 Å². The van der Waals surface area contributed by atoms with Crippen LogP contribution in [0.4, 0.5) is 0 Å². The fraction of sp³-hybridized carbons (Fsp3) is 0.806. The van der Waals surface area contributed by atoms with Crippen molar-refractivity contribution in [3.8, 4) is 0 Å².